The molecule has 1 amide bonds. The molecule has 26 heavy (non-hydrogen) atoms. The number of hydrogen-bond acceptors (Lipinski definition) is 4. The van der Waals surface area contributed by atoms with Gasteiger partial charge in [0, 0.05) is 12.5 Å². The highest BCUT2D eigenvalue weighted by atomic mass is 19.1. The maximum absolute atomic E-state index is 13.3. The molecule has 0 bridgehead atoms. The van der Waals surface area contributed by atoms with Crippen molar-refractivity contribution in [3.05, 3.63) is 71.0 Å². The van der Waals surface area contributed by atoms with Crippen molar-refractivity contribution in [2.75, 3.05) is 6.61 Å². The molecule has 6 heteroatoms. The van der Waals surface area contributed by atoms with Crippen molar-refractivity contribution in [2.45, 2.75) is 38.4 Å². The molecular weight excluding hydrogens is 337 g/mol. The normalized spacial score (nSPS) is 13.2. The molecule has 5 nitrogen and oxygen atoms in total. The van der Waals surface area contributed by atoms with Gasteiger partial charge in [0.1, 0.15) is 5.82 Å². The molecule has 0 heterocycles. The van der Waals surface area contributed by atoms with E-state index in [-0.39, 0.29) is 24.8 Å². The predicted molar refractivity (Wildman–Crippen MR) is 95.2 cm³/mol. The lowest BCUT2D eigenvalue weighted by atomic mass is 9.85. The molecule has 0 saturated heterocycles. The van der Waals surface area contributed by atoms with Gasteiger partial charge in [-0.1, -0.05) is 36.4 Å². The van der Waals surface area contributed by atoms with Crippen molar-refractivity contribution < 1.29 is 24.2 Å². The summed E-state index contributed by atoms with van der Waals surface area (Å²) in [6.07, 6.45) is 0.0806. The molecule has 2 aromatic rings. The fourth-order valence-corrected chi connectivity index (χ4v) is 2.97. The van der Waals surface area contributed by atoms with Gasteiger partial charge in [-0.2, -0.15) is 0 Å². The lowest BCUT2D eigenvalue weighted by Crippen LogP contribution is -2.31. The van der Waals surface area contributed by atoms with E-state index in [4.69, 9.17) is 9.94 Å². The Bertz CT molecular complexity index is 688. The van der Waals surface area contributed by atoms with Gasteiger partial charge in [0.2, 0.25) is 5.91 Å². The molecule has 2 aromatic carbocycles. The Labute approximate surface area is 152 Å². The van der Waals surface area contributed by atoms with Crippen LogP contribution in [0, 0.1) is 5.82 Å². The van der Waals surface area contributed by atoms with Crippen LogP contribution in [-0.2, 0) is 22.6 Å². The summed E-state index contributed by atoms with van der Waals surface area (Å²) in [5, 5.41) is 18.0. The number of nitrogens with one attached hydrogen (secondary N) is 1. The molecule has 2 rings (SSSR count). The van der Waals surface area contributed by atoms with Gasteiger partial charge in [0.05, 0.1) is 19.1 Å². The summed E-state index contributed by atoms with van der Waals surface area (Å²) in [4.78, 5) is 11.7. The third kappa shape index (κ3) is 5.62. The van der Waals surface area contributed by atoms with Gasteiger partial charge >= 0.3 is 0 Å². The number of halogens is 1. The SMILES string of the molecule is CCOC(CC(=O)NO)C(Cc1ccc(CO)cc1)c1ccc(F)cc1. The number of rotatable bonds is 9. The molecule has 0 fully saturated rings. The number of aliphatic hydroxyl groups is 1. The highest BCUT2D eigenvalue weighted by Gasteiger charge is 2.26. The molecule has 0 saturated carbocycles. The maximum Gasteiger partial charge on any atom is 0.245 e. The van der Waals surface area contributed by atoms with Crippen LogP contribution in [0.25, 0.3) is 0 Å². The van der Waals surface area contributed by atoms with Crippen LogP contribution in [0.1, 0.15) is 36.0 Å². The first-order valence-corrected chi connectivity index (χ1v) is 8.56. The summed E-state index contributed by atoms with van der Waals surface area (Å²) in [6.45, 7) is 2.21. The second-order valence-corrected chi connectivity index (χ2v) is 6.07. The summed E-state index contributed by atoms with van der Waals surface area (Å²) in [6, 6.07) is 13.6. The van der Waals surface area contributed by atoms with Crippen LogP contribution in [0.3, 0.4) is 0 Å². The molecule has 0 aromatic heterocycles. The van der Waals surface area contributed by atoms with Crippen LogP contribution in [-0.4, -0.2) is 28.9 Å². The minimum absolute atomic E-state index is 0.0128. The van der Waals surface area contributed by atoms with Crippen LogP contribution < -0.4 is 5.48 Å². The van der Waals surface area contributed by atoms with Crippen molar-refractivity contribution in [1.82, 2.24) is 5.48 Å². The molecule has 0 aliphatic carbocycles. The van der Waals surface area contributed by atoms with Crippen molar-refractivity contribution >= 4 is 5.91 Å². The van der Waals surface area contributed by atoms with E-state index in [0.29, 0.717) is 13.0 Å². The van der Waals surface area contributed by atoms with Crippen LogP contribution in [0.5, 0.6) is 0 Å². The Balaban J connectivity index is 2.31. The van der Waals surface area contributed by atoms with Gasteiger partial charge in [-0.25, -0.2) is 9.87 Å². The van der Waals surface area contributed by atoms with E-state index in [1.54, 1.807) is 17.6 Å². The summed E-state index contributed by atoms with van der Waals surface area (Å²) in [5.41, 5.74) is 4.31. The highest BCUT2D eigenvalue weighted by molar-refractivity contribution is 5.75. The topological polar surface area (TPSA) is 78.8 Å². The van der Waals surface area contributed by atoms with Gasteiger partial charge in [-0.05, 0) is 42.2 Å². The first-order valence-electron chi connectivity index (χ1n) is 8.56. The van der Waals surface area contributed by atoms with Gasteiger partial charge in [-0.15, -0.1) is 0 Å². The zero-order valence-corrected chi connectivity index (χ0v) is 14.7. The number of ether oxygens (including phenoxy) is 1. The fourth-order valence-electron chi connectivity index (χ4n) is 2.97. The maximum atomic E-state index is 13.3. The number of carbonyl (C=O) groups is 1. The van der Waals surface area contributed by atoms with E-state index in [9.17, 15) is 14.3 Å². The Morgan fingerprint density at radius 1 is 1.12 bits per heavy atom. The van der Waals surface area contributed by atoms with E-state index in [2.05, 4.69) is 0 Å². The zero-order valence-electron chi connectivity index (χ0n) is 14.7. The van der Waals surface area contributed by atoms with E-state index >= 15 is 0 Å². The summed E-state index contributed by atoms with van der Waals surface area (Å²) < 4.78 is 19.1. The zero-order chi connectivity index (χ0) is 18.9. The van der Waals surface area contributed by atoms with Gasteiger partial charge in [0.25, 0.3) is 0 Å². The number of hydrogen-bond donors (Lipinski definition) is 3. The number of amides is 1. The molecule has 2 atom stereocenters. The van der Waals surface area contributed by atoms with Crippen molar-refractivity contribution in [1.29, 1.82) is 0 Å². The molecule has 0 radical (unpaired) electrons. The van der Waals surface area contributed by atoms with Crippen molar-refractivity contribution in [3.63, 3.8) is 0 Å². The smallest absolute Gasteiger partial charge is 0.245 e. The third-order valence-corrected chi connectivity index (χ3v) is 4.30. The van der Waals surface area contributed by atoms with E-state index < -0.39 is 12.0 Å². The van der Waals surface area contributed by atoms with Crippen LogP contribution >= 0.6 is 0 Å². The van der Waals surface area contributed by atoms with E-state index in [1.165, 1.54) is 12.1 Å². The molecular formula is C20H24FNO4. The largest absolute Gasteiger partial charge is 0.392 e. The Hall–Kier alpha value is -2.28. The monoisotopic (exact) mass is 361 g/mol. The highest BCUT2D eigenvalue weighted by Crippen LogP contribution is 2.29. The molecule has 2 unspecified atom stereocenters. The summed E-state index contributed by atoms with van der Waals surface area (Å²) >= 11 is 0. The second kappa shape index (κ2) is 10.0. The van der Waals surface area contributed by atoms with Gasteiger partial charge < -0.3 is 9.84 Å². The average molecular weight is 361 g/mol. The molecule has 0 spiro atoms. The lowest BCUT2D eigenvalue weighted by molar-refractivity contribution is -0.132. The first-order chi connectivity index (χ1) is 12.6. The predicted octanol–water partition coefficient (Wildman–Crippen LogP) is 2.94. The molecule has 140 valence electrons. The molecule has 0 aliphatic heterocycles. The van der Waals surface area contributed by atoms with E-state index in [0.717, 1.165) is 16.7 Å². The second-order valence-electron chi connectivity index (χ2n) is 6.07. The summed E-state index contributed by atoms with van der Waals surface area (Å²) in [7, 11) is 0. The Morgan fingerprint density at radius 3 is 2.27 bits per heavy atom. The summed E-state index contributed by atoms with van der Waals surface area (Å²) in [5.74, 6) is -1.07. The number of carbonyl (C=O) groups excluding carboxylic acids is 1. The number of aliphatic hydroxyl groups excluding tert-OH is 1. The van der Waals surface area contributed by atoms with Crippen LogP contribution in [0.15, 0.2) is 48.5 Å². The Morgan fingerprint density at radius 2 is 1.73 bits per heavy atom. The minimum Gasteiger partial charge on any atom is -0.392 e. The molecule has 3 N–H and O–H groups in total. The van der Waals surface area contributed by atoms with Crippen LogP contribution in [0.2, 0.25) is 0 Å². The van der Waals surface area contributed by atoms with Crippen molar-refractivity contribution in [2.24, 2.45) is 0 Å². The molecule has 0 aliphatic rings. The van der Waals surface area contributed by atoms with E-state index in [1.807, 2.05) is 31.2 Å². The first kappa shape index (κ1) is 20.0. The standard InChI is InChI=1S/C20H24FNO4/c1-2-26-19(12-20(24)22-25)18(16-7-9-17(21)10-8-16)11-14-3-5-15(13-23)6-4-14/h3-10,18-19,23,25H,2,11-13H2,1H3,(H,22,24). The lowest BCUT2D eigenvalue weighted by Gasteiger charge is -2.27. The van der Waals surface area contributed by atoms with Crippen LogP contribution in [0.4, 0.5) is 4.39 Å². The number of hydroxylamine groups is 1. The van der Waals surface area contributed by atoms with Gasteiger partial charge in [-0.3, -0.25) is 10.0 Å². The number of benzene rings is 2. The Kier molecular flexibility index (Phi) is 7.72. The average Bonchev–Trinajstić information content (AvgIpc) is 2.67. The third-order valence-electron chi connectivity index (χ3n) is 4.30. The quantitative estimate of drug-likeness (QED) is 0.474. The van der Waals surface area contributed by atoms with Gasteiger partial charge in [0.15, 0.2) is 0 Å². The fraction of sp³-hybridized carbons (Fsp3) is 0.350. The minimum atomic E-state index is -0.536. The van der Waals surface area contributed by atoms with Crippen molar-refractivity contribution in [3.8, 4) is 0 Å².